The Labute approximate surface area is 234 Å². The van der Waals surface area contributed by atoms with Crippen LogP contribution >= 0.6 is 11.3 Å². The third kappa shape index (κ3) is 6.11. The van der Waals surface area contributed by atoms with Crippen molar-refractivity contribution in [2.24, 2.45) is 0 Å². The topological polar surface area (TPSA) is 117 Å². The first-order valence-electron chi connectivity index (χ1n) is 12.3. The van der Waals surface area contributed by atoms with Crippen molar-refractivity contribution in [3.63, 3.8) is 0 Å². The molecule has 0 aliphatic heterocycles. The molecule has 5 rings (SSSR count). The highest BCUT2D eigenvalue weighted by atomic mass is 32.1. The molecule has 0 saturated heterocycles. The van der Waals surface area contributed by atoms with Gasteiger partial charge >= 0.3 is 0 Å². The van der Waals surface area contributed by atoms with Crippen LogP contribution in [-0.4, -0.2) is 40.6 Å². The normalized spacial score (nSPS) is 10.9. The first-order chi connectivity index (χ1) is 19.4. The monoisotopic (exact) mass is 557 g/mol. The molecule has 2 amide bonds. The van der Waals surface area contributed by atoms with Gasteiger partial charge in [-0.05, 0) is 48.9 Å². The maximum atomic E-state index is 12.5. The number of ether oxygens (including phenoxy) is 3. The zero-order chi connectivity index (χ0) is 28.1. The van der Waals surface area contributed by atoms with Gasteiger partial charge in [-0.15, -0.1) is 11.3 Å². The van der Waals surface area contributed by atoms with Gasteiger partial charge in [0.1, 0.15) is 30.4 Å². The average molecular weight is 558 g/mol. The molecular weight excluding hydrogens is 530 g/mol. The summed E-state index contributed by atoms with van der Waals surface area (Å²) in [6.45, 7) is 2.32. The van der Waals surface area contributed by atoms with Gasteiger partial charge in [0.15, 0.2) is 0 Å². The summed E-state index contributed by atoms with van der Waals surface area (Å²) in [7, 11) is 3.15. The van der Waals surface area contributed by atoms with Crippen LogP contribution in [0.5, 0.6) is 17.2 Å². The summed E-state index contributed by atoms with van der Waals surface area (Å²) < 4.78 is 19.4. The van der Waals surface area contributed by atoms with Gasteiger partial charge in [0.25, 0.3) is 0 Å². The second-order valence-electron chi connectivity index (χ2n) is 8.88. The van der Waals surface area contributed by atoms with Crippen molar-refractivity contribution < 1.29 is 23.8 Å². The molecule has 0 fully saturated rings. The predicted molar refractivity (Wildman–Crippen MR) is 154 cm³/mol. The number of carbonyl (C=O) groups excluding carboxylic acids is 2. The molecule has 40 heavy (non-hydrogen) atoms. The number of nitrogens with one attached hydrogen (secondary N) is 2. The van der Waals surface area contributed by atoms with Crippen LogP contribution in [0.2, 0.25) is 0 Å². The number of benzene rings is 2. The number of pyridine rings is 1. The number of carbonyl (C=O) groups is 2. The zero-order valence-corrected chi connectivity index (χ0v) is 23.0. The Morgan fingerprint density at radius 3 is 2.58 bits per heavy atom. The number of para-hydroxylation sites is 2. The Kier molecular flexibility index (Phi) is 8.04. The predicted octanol–water partition coefficient (Wildman–Crippen LogP) is 5.84. The zero-order valence-electron chi connectivity index (χ0n) is 22.1. The summed E-state index contributed by atoms with van der Waals surface area (Å²) in [5.74, 6) is 0.950. The van der Waals surface area contributed by atoms with E-state index in [1.165, 1.54) is 7.11 Å². The number of rotatable bonds is 10. The van der Waals surface area contributed by atoms with Crippen molar-refractivity contribution >= 4 is 44.7 Å². The first-order valence-corrected chi connectivity index (χ1v) is 13.2. The molecule has 2 N–H and O–H groups in total. The molecule has 11 heteroatoms. The Balaban J connectivity index is 1.25. The van der Waals surface area contributed by atoms with Crippen molar-refractivity contribution in [2.45, 2.75) is 20.1 Å². The number of methoxy groups -OCH3 is 2. The Hall–Kier alpha value is -4.74. The molecule has 3 heterocycles. The maximum Gasteiger partial charge on any atom is 0.233 e. The lowest BCUT2D eigenvalue weighted by Crippen LogP contribution is -2.21. The Bertz CT molecular complexity index is 1680. The third-order valence-corrected chi connectivity index (χ3v) is 7.08. The van der Waals surface area contributed by atoms with Crippen molar-refractivity contribution in [1.82, 2.24) is 14.5 Å². The number of anilines is 2. The number of aromatic nitrogens is 3. The Morgan fingerprint density at radius 2 is 1.77 bits per heavy atom. The highest BCUT2D eigenvalue weighted by molar-refractivity contribution is 7.22. The summed E-state index contributed by atoms with van der Waals surface area (Å²) in [4.78, 5) is 34.8. The lowest BCUT2D eigenvalue weighted by molar-refractivity contribution is -0.123. The van der Waals surface area contributed by atoms with E-state index in [-0.39, 0.29) is 6.42 Å². The van der Waals surface area contributed by atoms with Crippen LogP contribution < -0.4 is 20.1 Å². The van der Waals surface area contributed by atoms with Gasteiger partial charge in [-0.25, -0.2) is 4.98 Å². The van der Waals surface area contributed by atoms with Crippen LogP contribution in [0.15, 0.2) is 73.3 Å². The average Bonchev–Trinajstić information content (AvgIpc) is 3.58. The van der Waals surface area contributed by atoms with E-state index in [0.29, 0.717) is 35.4 Å². The summed E-state index contributed by atoms with van der Waals surface area (Å²) in [5, 5.41) is 5.47. The second kappa shape index (κ2) is 12.0. The summed E-state index contributed by atoms with van der Waals surface area (Å²) in [6.07, 6.45) is 5.02. The van der Waals surface area contributed by atoms with Crippen LogP contribution in [0.4, 0.5) is 11.4 Å². The highest BCUT2D eigenvalue weighted by Crippen LogP contribution is 2.39. The molecule has 0 radical (unpaired) electrons. The van der Waals surface area contributed by atoms with Gasteiger partial charge in [-0.3, -0.25) is 14.6 Å². The fraction of sp³-hybridized carbons (Fsp3) is 0.172. The van der Waals surface area contributed by atoms with E-state index >= 15 is 0 Å². The smallest absolute Gasteiger partial charge is 0.233 e. The number of hydrogen-bond acceptors (Lipinski definition) is 8. The quantitative estimate of drug-likeness (QED) is 0.207. The van der Waals surface area contributed by atoms with Gasteiger partial charge in [0.05, 0.1) is 39.9 Å². The SMILES string of the molecule is COCn1cnc(-c2cc3nccc(Oc4ccc(NC(=O)CC(=O)Nc5ccccc5OC)cc4C)c3s2)c1. The Morgan fingerprint density at radius 1 is 0.950 bits per heavy atom. The fourth-order valence-corrected chi connectivity index (χ4v) is 5.11. The first kappa shape index (κ1) is 26.9. The minimum atomic E-state index is -0.443. The number of amides is 2. The summed E-state index contributed by atoms with van der Waals surface area (Å²) >= 11 is 1.55. The molecule has 5 aromatic rings. The number of hydrogen-bond donors (Lipinski definition) is 2. The molecule has 2 aromatic carbocycles. The van der Waals surface area contributed by atoms with Crippen LogP contribution in [0.25, 0.3) is 20.8 Å². The molecule has 0 saturated carbocycles. The molecule has 0 atom stereocenters. The molecule has 0 bridgehead atoms. The third-order valence-electron chi connectivity index (χ3n) is 5.92. The van der Waals surface area contributed by atoms with Crippen molar-refractivity contribution in [1.29, 1.82) is 0 Å². The molecule has 0 aliphatic carbocycles. The van der Waals surface area contributed by atoms with Crippen LogP contribution in [0.1, 0.15) is 12.0 Å². The number of thiophene rings is 1. The lowest BCUT2D eigenvalue weighted by atomic mass is 10.2. The van der Waals surface area contributed by atoms with Gasteiger partial charge < -0.3 is 29.4 Å². The minimum absolute atomic E-state index is 0.339. The van der Waals surface area contributed by atoms with E-state index in [2.05, 4.69) is 20.6 Å². The molecule has 0 aliphatic rings. The number of aryl methyl sites for hydroxylation is 1. The van der Waals surface area contributed by atoms with E-state index in [1.807, 2.05) is 29.8 Å². The van der Waals surface area contributed by atoms with Crippen LogP contribution in [0.3, 0.4) is 0 Å². The van der Waals surface area contributed by atoms with Crippen molar-refractivity contribution in [3.8, 4) is 27.8 Å². The van der Waals surface area contributed by atoms with Gasteiger partial charge in [0, 0.05) is 31.3 Å². The van der Waals surface area contributed by atoms with E-state index < -0.39 is 11.8 Å². The number of nitrogens with zero attached hydrogens (tertiary/aromatic N) is 3. The van der Waals surface area contributed by atoms with Gasteiger partial charge in [-0.1, -0.05) is 12.1 Å². The van der Waals surface area contributed by atoms with Crippen LogP contribution in [0, 0.1) is 6.92 Å². The number of fused-ring (bicyclic) bond motifs is 1. The minimum Gasteiger partial charge on any atom is -0.495 e. The highest BCUT2D eigenvalue weighted by Gasteiger charge is 2.15. The van der Waals surface area contributed by atoms with Gasteiger partial charge in [-0.2, -0.15) is 0 Å². The van der Waals surface area contributed by atoms with E-state index in [1.54, 1.807) is 73.4 Å². The van der Waals surface area contributed by atoms with Crippen molar-refractivity contribution in [2.75, 3.05) is 24.9 Å². The van der Waals surface area contributed by atoms with Crippen molar-refractivity contribution in [3.05, 3.63) is 78.9 Å². The summed E-state index contributed by atoms with van der Waals surface area (Å²) in [6, 6.07) is 16.1. The van der Waals surface area contributed by atoms with E-state index in [9.17, 15) is 9.59 Å². The molecular formula is C29H27N5O5S. The van der Waals surface area contributed by atoms with Gasteiger partial charge in [0.2, 0.25) is 11.8 Å². The van der Waals surface area contributed by atoms with Crippen LogP contribution in [-0.2, 0) is 21.1 Å². The maximum absolute atomic E-state index is 12.5. The van der Waals surface area contributed by atoms with E-state index in [0.717, 1.165) is 26.4 Å². The molecule has 0 unspecified atom stereocenters. The second-order valence-corrected chi connectivity index (χ2v) is 9.93. The standard InChI is InChI=1S/C29H27N5O5S/c1-18-12-19(32-27(35)14-28(36)33-20-6-4-5-7-24(20)38-3)8-9-23(18)39-25-10-11-30-21-13-26(40-29(21)25)22-15-34(16-31-22)17-37-2/h4-13,15-16H,14,17H2,1-3H3,(H,32,35)(H,33,36). The van der Waals surface area contributed by atoms with E-state index in [4.69, 9.17) is 14.2 Å². The molecule has 3 aromatic heterocycles. The summed E-state index contributed by atoms with van der Waals surface area (Å²) in [5.41, 5.74) is 3.52. The molecule has 0 spiro atoms. The fourth-order valence-electron chi connectivity index (χ4n) is 4.08. The largest absolute Gasteiger partial charge is 0.495 e. The number of imidazole rings is 1. The molecule has 10 nitrogen and oxygen atoms in total. The lowest BCUT2D eigenvalue weighted by Gasteiger charge is -2.12. The molecule has 204 valence electrons.